The Morgan fingerprint density at radius 3 is 2.61 bits per heavy atom. The summed E-state index contributed by atoms with van der Waals surface area (Å²) in [4.78, 5) is 18.9. The normalized spacial score (nSPS) is 17.0. The van der Waals surface area contributed by atoms with Gasteiger partial charge in [0.25, 0.3) is 5.91 Å². The van der Waals surface area contributed by atoms with Crippen molar-refractivity contribution in [3.05, 3.63) is 22.8 Å². The lowest BCUT2D eigenvalue weighted by molar-refractivity contribution is 0.0241. The summed E-state index contributed by atoms with van der Waals surface area (Å²) >= 11 is 6.22. The molecule has 1 heterocycles. The van der Waals surface area contributed by atoms with Gasteiger partial charge in [-0.3, -0.25) is 4.79 Å². The van der Waals surface area contributed by atoms with Gasteiger partial charge in [0.1, 0.15) is 5.02 Å². The molecule has 0 spiro atoms. The van der Waals surface area contributed by atoms with Gasteiger partial charge in [0, 0.05) is 18.8 Å². The minimum absolute atomic E-state index is 0.00203. The molecule has 4 nitrogen and oxygen atoms in total. The Morgan fingerprint density at radius 1 is 1.48 bits per heavy atom. The van der Waals surface area contributed by atoms with Crippen molar-refractivity contribution < 1.29 is 9.53 Å². The fourth-order valence-electron chi connectivity index (χ4n) is 3.06. The summed E-state index contributed by atoms with van der Waals surface area (Å²) in [5.74, 6) is 0.786. The molecule has 23 heavy (non-hydrogen) atoms. The molecule has 0 unspecified atom stereocenters. The van der Waals surface area contributed by atoms with Gasteiger partial charge in [0.15, 0.2) is 0 Å². The third-order valence-corrected chi connectivity index (χ3v) is 4.50. The molecule has 0 saturated heterocycles. The second kappa shape index (κ2) is 7.08. The summed E-state index contributed by atoms with van der Waals surface area (Å²) in [7, 11) is 0. The molecule has 1 aromatic heterocycles. The Labute approximate surface area is 144 Å². The van der Waals surface area contributed by atoms with Crippen molar-refractivity contribution in [2.75, 3.05) is 13.2 Å². The van der Waals surface area contributed by atoms with Gasteiger partial charge >= 0.3 is 0 Å². The minimum atomic E-state index is -0.00203. The van der Waals surface area contributed by atoms with Crippen LogP contribution in [0.4, 0.5) is 0 Å². The first-order chi connectivity index (χ1) is 10.7. The molecule has 5 heteroatoms. The van der Waals surface area contributed by atoms with E-state index < -0.39 is 0 Å². The van der Waals surface area contributed by atoms with Crippen molar-refractivity contribution in [1.29, 1.82) is 0 Å². The first-order valence-corrected chi connectivity index (χ1v) is 8.70. The van der Waals surface area contributed by atoms with Crippen LogP contribution >= 0.6 is 11.6 Å². The maximum atomic E-state index is 12.7. The van der Waals surface area contributed by atoms with Crippen LogP contribution in [-0.2, 0) is 0 Å². The maximum Gasteiger partial charge on any atom is 0.255 e. The van der Waals surface area contributed by atoms with Crippen LogP contribution < -0.4 is 4.74 Å². The van der Waals surface area contributed by atoms with E-state index in [2.05, 4.69) is 32.7 Å². The number of nitrogens with zero attached hydrogens (tertiary/aromatic N) is 2. The standard InChI is InChI=1S/C18H27ClN2O2/c1-6-21(14-8-18(4,5)9-14)17(22)13-7-15(19)16(20-10-13)23-11-12(2)3/h7,10,12,14H,6,8-9,11H2,1-5H3. The van der Waals surface area contributed by atoms with Crippen molar-refractivity contribution >= 4 is 17.5 Å². The lowest BCUT2D eigenvalue weighted by Gasteiger charge is -2.48. The van der Waals surface area contributed by atoms with Crippen LogP contribution in [0.5, 0.6) is 5.88 Å². The number of hydrogen-bond donors (Lipinski definition) is 0. The molecule has 1 saturated carbocycles. The molecule has 0 bridgehead atoms. The minimum Gasteiger partial charge on any atom is -0.476 e. The smallest absolute Gasteiger partial charge is 0.255 e. The van der Waals surface area contributed by atoms with Crippen molar-refractivity contribution in [1.82, 2.24) is 9.88 Å². The molecule has 2 rings (SSSR count). The zero-order chi connectivity index (χ0) is 17.2. The molecule has 1 aromatic rings. The lowest BCUT2D eigenvalue weighted by atomic mass is 9.68. The number of carbonyl (C=O) groups excluding carboxylic acids is 1. The average Bonchev–Trinajstić information content (AvgIpc) is 2.44. The van der Waals surface area contributed by atoms with Crippen molar-refractivity contribution in [3.63, 3.8) is 0 Å². The molecule has 1 amide bonds. The number of amides is 1. The zero-order valence-electron chi connectivity index (χ0n) is 14.7. The Hall–Kier alpha value is -1.29. The summed E-state index contributed by atoms with van der Waals surface area (Å²) in [6, 6.07) is 1.98. The van der Waals surface area contributed by atoms with Gasteiger partial charge in [0.05, 0.1) is 12.2 Å². The molecule has 1 aliphatic carbocycles. The Balaban J connectivity index is 2.08. The molecule has 0 radical (unpaired) electrons. The first-order valence-electron chi connectivity index (χ1n) is 8.33. The Morgan fingerprint density at radius 2 is 2.13 bits per heavy atom. The zero-order valence-corrected chi connectivity index (χ0v) is 15.5. The number of ether oxygens (including phenoxy) is 1. The third kappa shape index (κ3) is 4.37. The highest BCUT2D eigenvalue weighted by atomic mass is 35.5. The van der Waals surface area contributed by atoms with Gasteiger partial charge in [-0.2, -0.15) is 0 Å². The van der Waals surface area contributed by atoms with E-state index in [0.29, 0.717) is 47.0 Å². The average molecular weight is 339 g/mol. The second-order valence-electron chi connectivity index (χ2n) is 7.53. The topological polar surface area (TPSA) is 42.4 Å². The van der Waals surface area contributed by atoms with Crippen molar-refractivity contribution in [3.8, 4) is 5.88 Å². The fraction of sp³-hybridized carbons (Fsp3) is 0.667. The van der Waals surface area contributed by atoms with E-state index in [4.69, 9.17) is 16.3 Å². The quantitative estimate of drug-likeness (QED) is 0.771. The highest BCUT2D eigenvalue weighted by molar-refractivity contribution is 6.32. The molecule has 0 N–H and O–H groups in total. The molecule has 128 valence electrons. The van der Waals surface area contributed by atoms with Crippen molar-refractivity contribution in [2.45, 2.75) is 53.5 Å². The summed E-state index contributed by atoms with van der Waals surface area (Å²) < 4.78 is 5.56. The monoisotopic (exact) mass is 338 g/mol. The van der Waals surface area contributed by atoms with E-state index in [1.165, 1.54) is 0 Å². The molecule has 1 aliphatic rings. The van der Waals surface area contributed by atoms with Gasteiger partial charge in [-0.15, -0.1) is 0 Å². The van der Waals surface area contributed by atoms with Gasteiger partial charge in [0.2, 0.25) is 5.88 Å². The summed E-state index contributed by atoms with van der Waals surface area (Å²) in [5, 5.41) is 0.390. The van der Waals surface area contributed by atoms with E-state index in [1.54, 1.807) is 12.3 Å². The lowest BCUT2D eigenvalue weighted by Crippen LogP contribution is -2.51. The summed E-state index contributed by atoms with van der Waals surface area (Å²) in [6.45, 7) is 11.9. The Kier molecular flexibility index (Phi) is 5.56. The van der Waals surface area contributed by atoms with E-state index in [9.17, 15) is 4.79 Å². The summed E-state index contributed by atoms with van der Waals surface area (Å²) in [6.07, 6.45) is 3.66. The van der Waals surface area contributed by atoms with Crippen LogP contribution in [-0.4, -0.2) is 35.0 Å². The molecular formula is C18H27ClN2O2. The van der Waals surface area contributed by atoms with E-state index >= 15 is 0 Å². The molecule has 1 fully saturated rings. The van der Waals surface area contributed by atoms with E-state index in [1.807, 2.05) is 11.8 Å². The predicted octanol–water partition coefficient (Wildman–Crippen LogP) is 4.42. The van der Waals surface area contributed by atoms with Gasteiger partial charge in [-0.1, -0.05) is 39.3 Å². The Bertz CT molecular complexity index is 564. The van der Waals surface area contributed by atoms with Crippen LogP contribution in [0.2, 0.25) is 5.02 Å². The molecule has 0 aromatic carbocycles. The van der Waals surface area contributed by atoms with Crippen LogP contribution in [0.25, 0.3) is 0 Å². The van der Waals surface area contributed by atoms with Gasteiger partial charge in [-0.05, 0) is 37.2 Å². The van der Waals surface area contributed by atoms with Crippen LogP contribution in [0.15, 0.2) is 12.3 Å². The van der Waals surface area contributed by atoms with E-state index in [0.717, 1.165) is 12.8 Å². The fourth-order valence-corrected chi connectivity index (χ4v) is 3.28. The predicted molar refractivity (Wildman–Crippen MR) is 93.1 cm³/mol. The molecule has 0 aliphatic heterocycles. The highest BCUT2D eigenvalue weighted by Gasteiger charge is 2.40. The first kappa shape index (κ1) is 18.1. The molecular weight excluding hydrogens is 312 g/mol. The number of hydrogen-bond acceptors (Lipinski definition) is 3. The van der Waals surface area contributed by atoms with Crippen LogP contribution in [0.1, 0.15) is 57.8 Å². The maximum absolute atomic E-state index is 12.7. The highest BCUT2D eigenvalue weighted by Crippen LogP contribution is 2.43. The van der Waals surface area contributed by atoms with Crippen molar-refractivity contribution in [2.24, 2.45) is 11.3 Å². The van der Waals surface area contributed by atoms with Crippen LogP contribution in [0.3, 0.4) is 0 Å². The number of aromatic nitrogens is 1. The summed E-state index contributed by atoms with van der Waals surface area (Å²) in [5.41, 5.74) is 0.862. The van der Waals surface area contributed by atoms with Crippen LogP contribution in [0, 0.1) is 11.3 Å². The third-order valence-electron chi connectivity index (χ3n) is 4.23. The second-order valence-corrected chi connectivity index (χ2v) is 7.94. The number of carbonyl (C=O) groups is 1. The van der Waals surface area contributed by atoms with Gasteiger partial charge < -0.3 is 9.64 Å². The number of pyridine rings is 1. The SMILES string of the molecule is CCN(C(=O)c1cnc(OCC(C)C)c(Cl)c1)C1CC(C)(C)C1. The van der Waals surface area contributed by atoms with Gasteiger partial charge in [-0.25, -0.2) is 4.98 Å². The number of halogens is 1. The number of rotatable bonds is 6. The van der Waals surface area contributed by atoms with E-state index in [-0.39, 0.29) is 5.91 Å². The molecule has 0 atom stereocenters. The largest absolute Gasteiger partial charge is 0.476 e.